The Balaban J connectivity index is 1.90. The van der Waals surface area contributed by atoms with Crippen LogP contribution in [0.2, 0.25) is 0 Å². The van der Waals surface area contributed by atoms with Crippen molar-refractivity contribution < 1.29 is 14.3 Å². The number of hydrogen-bond acceptors (Lipinski definition) is 4. The average Bonchev–Trinajstić information content (AvgIpc) is 3.21. The highest BCUT2D eigenvalue weighted by molar-refractivity contribution is 5.92. The minimum Gasteiger partial charge on any atom is -0.372 e. The molecule has 0 spiro atoms. The second kappa shape index (κ2) is 8.28. The van der Waals surface area contributed by atoms with Gasteiger partial charge in [0, 0.05) is 31.9 Å². The molecule has 2 atom stereocenters. The van der Waals surface area contributed by atoms with Gasteiger partial charge in [-0.25, -0.2) is 0 Å². The van der Waals surface area contributed by atoms with E-state index in [4.69, 9.17) is 4.74 Å². The van der Waals surface area contributed by atoms with Crippen molar-refractivity contribution >= 4 is 11.8 Å². The summed E-state index contributed by atoms with van der Waals surface area (Å²) in [6, 6.07) is 1.78. The Kier molecular flexibility index (Phi) is 6.36. The Labute approximate surface area is 143 Å². The Morgan fingerprint density at radius 3 is 2.83 bits per heavy atom. The molecule has 1 fully saturated rings. The quantitative estimate of drug-likeness (QED) is 0.793. The summed E-state index contributed by atoms with van der Waals surface area (Å²) in [4.78, 5) is 26.4. The number of aromatic nitrogens is 2. The molecule has 2 N–H and O–H groups in total. The summed E-state index contributed by atoms with van der Waals surface area (Å²) in [5.41, 5.74) is 1.39. The number of H-pyrrole nitrogens is 1. The number of rotatable bonds is 7. The number of nitrogens with one attached hydrogen (secondary N) is 2. The number of ether oxygens (including phenoxy) is 1. The van der Waals surface area contributed by atoms with Gasteiger partial charge in [0.05, 0.1) is 0 Å². The molecule has 0 bridgehead atoms. The summed E-state index contributed by atoms with van der Waals surface area (Å²) >= 11 is 0. The fourth-order valence-electron chi connectivity index (χ4n) is 2.88. The van der Waals surface area contributed by atoms with E-state index in [0.29, 0.717) is 31.1 Å². The molecule has 1 saturated heterocycles. The van der Waals surface area contributed by atoms with Crippen molar-refractivity contribution in [3.8, 4) is 0 Å². The van der Waals surface area contributed by atoms with E-state index in [-0.39, 0.29) is 17.9 Å². The highest BCUT2D eigenvalue weighted by Crippen LogP contribution is 2.17. The maximum Gasteiger partial charge on any atom is 0.274 e. The lowest BCUT2D eigenvalue weighted by Gasteiger charge is -2.19. The highest BCUT2D eigenvalue weighted by Gasteiger charge is 2.30. The van der Waals surface area contributed by atoms with Crippen LogP contribution in [0.25, 0.3) is 0 Å². The summed E-state index contributed by atoms with van der Waals surface area (Å²) in [6.45, 7) is 7.25. The Morgan fingerprint density at radius 2 is 2.25 bits per heavy atom. The van der Waals surface area contributed by atoms with E-state index in [1.165, 1.54) is 0 Å². The molecule has 2 unspecified atom stereocenters. The zero-order valence-electron chi connectivity index (χ0n) is 15.0. The first-order valence-electron chi connectivity index (χ1n) is 8.64. The molecule has 2 heterocycles. The topological polar surface area (TPSA) is 87.3 Å². The monoisotopic (exact) mass is 336 g/mol. The van der Waals surface area contributed by atoms with Crippen LogP contribution in [0.3, 0.4) is 0 Å². The van der Waals surface area contributed by atoms with Gasteiger partial charge in [-0.15, -0.1) is 0 Å². The number of methoxy groups -OCH3 is 1. The largest absolute Gasteiger partial charge is 0.372 e. The molecule has 1 aromatic heterocycles. The molecule has 7 heteroatoms. The SMILES string of the molecule is CCCC(OC)C(=O)NC1CCN(C(=O)c2cc(C(C)C)[nH]n2)C1. The van der Waals surface area contributed by atoms with Gasteiger partial charge in [-0.05, 0) is 24.8 Å². The van der Waals surface area contributed by atoms with E-state index < -0.39 is 6.10 Å². The third-order valence-electron chi connectivity index (χ3n) is 4.39. The van der Waals surface area contributed by atoms with E-state index in [1.807, 2.05) is 20.8 Å². The van der Waals surface area contributed by atoms with Gasteiger partial charge < -0.3 is 15.0 Å². The van der Waals surface area contributed by atoms with Crippen LogP contribution in [-0.2, 0) is 9.53 Å². The Morgan fingerprint density at radius 1 is 1.50 bits per heavy atom. The third-order valence-corrected chi connectivity index (χ3v) is 4.39. The van der Waals surface area contributed by atoms with Crippen LogP contribution in [0, 0.1) is 0 Å². The molecule has 0 radical (unpaired) electrons. The fourth-order valence-corrected chi connectivity index (χ4v) is 2.88. The summed E-state index contributed by atoms with van der Waals surface area (Å²) < 4.78 is 5.22. The predicted octanol–water partition coefficient (Wildman–Crippen LogP) is 1.68. The number of likely N-dealkylation sites (tertiary alicyclic amines) is 1. The molecule has 0 saturated carbocycles. The first kappa shape index (κ1) is 18.4. The molecular weight excluding hydrogens is 308 g/mol. The molecule has 7 nitrogen and oxygen atoms in total. The molecule has 2 amide bonds. The molecule has 24 heavy (non-hydrogen) atoms. The summed E-state index contributed by atoms with van der Waals surface area (Å²) in [6.07, 6.45) is 1.92. The fraction of sp³-hybridized carbons (Fsp3) is 0.706. The predicted molar refractivity (Wildman–Crippen MR) is 90.8 cm³/mol. The van der Waals surface area contributed by atoms with Gasteiger partial charge in [0.25, 0.3) is 5.91 Å². The zero-order valence-corrected chi connectivity index (χ0v) is 15.0. The van der Waals surface area contributed by atoms with Crippen molar-refractivity contribution in [3.63, 3.8) is 0 Å². The third kappa shape index (κ3) is 4.35. The molecule has 0 aromatic carbocycles. The first-order valence-corrected chi connectivity index (χ1v) is 8.64. The van der Waals surface area contributed by atoms with Gasteiger partial charge in [-0.1, -0.05) is 27.2 Å². The number of aromatic amines is 1. The maximum absolute atomic E-state index is 12.5. The number of amides is 2. The van der Waals surface area contributed by atoms with Crippen LogP contribution in [0.5, 0.6) is 0 Å². The van der Waals surface area contributed by atoms with Gasteiger partial charge in [-0.2, -0.15) is 5.10 Å². The number of nitrogens with zero attached hydrogens (tertiary/aromatic N) is 2. The van der Waals surface area contributed by atoms with E-state index in [2.05, 4.69) is 15.5 Å². The molecule has 2 rings (SSSR count). The van der Waals surface area contributed by atoms with Gasteiger partial charge in [0.15, 0.2) is 0 Å². The second-order valence-electron chi connectivity index (χ2n) is 6.62. The van der Waals surface area contributed by atoms with Crippen molar-refractivity contribution in [2.75, 3.05) is 20.2 Å². The Bertz CT molecular complexity index is 570. The second-order valence-corrected chi connectivity index (χ2v) is 6.62. The van der Waals surface area contributed by atoms with Crippen molar-refractivity contribution in [1.82, 2.24) is 20.4 Å². The van der Waals surface area contributed by atoms with Gasteiger partial charge in [0.2, 0.25) is 5.91 Å². The summed E-state index contributed by atoms with van der Waals surface area (Å²) in [7, 11) is 1.55. The molecular formula is C17H28N4O3. The van der Waals surface area contributed by atoms with Gasteiger partial charge in [-0.3, -0.25) is 14.7 Å². The lowest BCUT2D eigenvalue weighted by molar-refractivity contribution is -0.132. The summed E-state index contributed by atoms with van der Waals surface area (Å²) in [5.74, 6) is 0.112. The molecule has 134 valence electrons. The molecule has 0 aliphatic carbocycles. The smallest absolute Gasteiger partial charge is 0.274 e. The Hall–Kier alpha value is -1.89. The van der Waals surface area contributed by atoms with E-state index in [9.17, 15) is 9.59 Å². The van der Waals surface area contributed by atoms with E-state index in [1.54, 1.807) is 18.1 Å². The maximum atomic E-state index is 12.5. The van der Waals surface area contributed by atoms with Gasteiger partial charge in [0.1, 0.15) is 11.8 Å². The number of carbonyl (C=O) groups excluding carboxylic acids is 2. The van der Waals surface area contributed by atoms with Crippen LogP contribution in [0.1, 0.15) is 62.1 Å². The average molecular weight is 336 g/mol. The van der Waals surface area contributed by atoms with Crippen LogP contribution in [0.15, 0.2) is 6.07 Å². The van der Waals surface area contributed by atoms with Crippen LogP contribution < -0.4 is 5.32 Å². The zero-order chi connectivity index (χ0) is 17.7. The van der Waals surface area contributed by atoms with Crippen molar-refractivity contribution in [3.05, 3.63) is 17.5 Å². The highest BCUT2D eigenvalue weighted by atomic mass is 16.5. The molecule has 1 aromatic rings. The first-order chi connectivity index (χ1) is 11.5. The van der Waals surface area contributed by atoms with Crippen LogP contribution in [-0.4, -0.2) is 59.3 Å². The number of hydrogen-bond donors (Lipinski definition) is 2. The van der Waals surface area contributed by atoms with Crippen molar-refractivity contribution in [2.24, 2.45) is 0 Å². The van der Waals surface area contributed by atoms with Gasteiger partial charge >= 0.3 is 0 Å². The van der Waals surface area contributed by atoms with Crippen LogP contribution >= 0.6 is 0 Å². The number of carbonyl (C=O) groups is 2. The minimum atomic E-state index is -0.417. The summed E-state index contributed by atoms with van der Waals surface area (Å²) in [5, 5.41) is 10.0. The van der Waals surface area contributed by atoms with E-state index in [0.717, 1.165) is 18.5 Å². The van der Waals surface area contributed by atoms with E-state index >= 15 is 0 Å². The lowest BCUT2D eigenvalue weighted by Crippen LogP contribution is -2.44. The lowest BCUT2D eigenvalue weighted by atomic mass is 10.1. The van der Waals surface area contributed by atoms with Crippen molar-refractivity contribution in [1.29, 1.82) is 0 Å². The normalized spacial score (nSPS) is 18.9. The molecule has 1 aliphatic heterocycles. The standard InChI is InChI=1S/C17H28N4O3/c1-5-6-15(24-4)16(22)18-12-7-8-21(10-12)17(23)14-9-13(11(2)3)19-20-14/h9,11-12,15H,5-8,10H2,1-4H3,(H,18,22)(H,19,20). The molecule has 1 aliphatic rings. The van der Waals surface area contributed by atoms with Crippen LogP contribution in [0.4, 0.5) is 0 Å². The minimum absolute atomic E-state index is 0.0283. The van der Waals surface area contributed by atoms with Crippen molar-refractivity contribution in [2.45, 2.75) is 58.1 Å².